The van der Waals surface area contributed by atoms with Crippen LogP contribution in [0.2, 0.25) is 0 Å². The summed E-state index contributed by atoms with van der Waals surface area (Å²) in [7, 11) is 1.96. The van der Waals surface area contributed by atoms with Gasteiger partial charge in [-0.3, -0.25) is 0 Å². The monoisotopic (exact) mass is 287 g/mol. The van der Waals surface area contributed by atoms with Crippen LogP contribution in [0.5, 0.6) is 0 Å². The second-order valence-electron chi connectivity index (χ2n) is 3.12. The quantitative estimate of drug-likeness (QED) is 0.665. The van der Waals surface area contributed by atoms with Gasteiger partial charge in [0.05, 0.1) is 6.04 Å². The maximum Gasteiger partial charge on any atom is 0.0528 e. The fourth-order valence-electron chi connectivity index (χ4n) is 1.35. The lowest BCUT2D eigenvalue weighted by Crippen LogP contribution is -2.16. The topological polar surface area (TPSA) is 12.0 Å². The smallest absolute Gasteiger partial charge is 0.0528 e. The molecule has 0 bridgehead atoms. The van der Waals surface area contributed by atoms with Crippen LogP contribution in [0.4, 0.5) is 0 Å². The molecule has 70 valence electrons. The molecule has 1 atom stereocenters. The summed E-state index contributed by atoms with van der Waals surface area (Å²) in [4.78, 5) is 0. The molecule has 0 saturated carbocycles. The fraction of sp³-hybridized carbons (Fsp3) is 0.273. The molecule has 2 heteroatoms. The van der Waals surface area contributed by atoms with E-state index in [0.717, 1.165) is 5.57 Å². The van der Waals surface area contributed by atoms with Crippen molar-refractivity contribution >= 4 is 22.6 Å². The highest BCUT2D eigenvalue weighted by Gasteiger charge is 2.08. The predicted molar refractivity (Wildman–Crippen MR) is 65.8 cm³/mol. The van der Waals surface area contributed by atoms with Crippen LogP contribution >= 0.6 is 22.6 Å². The fourth-order valence-corrected chi connectivity index (χ4v) is 1.71. The van der Waals surface area contributed by atoms with E-state index in [1.807, 2.05) is 14.0 Å². The van der Waals surface area contributed by atoms with Crippen LogP contribution in [0.3, 0.4) is 0 Å². The van der Waals surface area contributed by atoms with E-state index in [1.54, 1.807) is 0 Å². The number of hydrogen-bond acceptors (Lipinski definition) is 1. The Hall–Kier alpha value is -0.350. The first kappa shape index (κ1) is 10.7. The molecule has 0 fully saturated rings. The third kappa shape index (κ3) is 2.81. The molecule has 1 aromatic carbocycles. The number of rotatable bonds is 3. The molecule has 0 aliphatic carbocycles. The summed E-state index contributed by atoms with van der Waals surface area (Å²) in [5, 5.41) is 3.24. The summed E-state index contributed by atoms with van der Waals surface area (Å²) >= 11 is 2.31. The predicted octanol–water partition coefficient (Wildman–Crippen LogP) is 3.13. The van der Waals surface area contributed by atoms with E-state index < -0.39 is 0 Å². The highest BCUT2D eigenvalue weighted by atomic mass is 127. The molecule has 0 amide bonds. The summed E-state index contributed by atoms with van der Waals surface area (Å²) in [6.07, 6.45) is 0. The van der Waals surface area contributed by atoms with Crippen molar-refractivity contribution < 1.29 is 0 Å². The second kappa shape index (κ2) is 4.77. The van der Waals surface area contributed by atoms with E-state index >= 15 is 0 Å². The Morgan fingerprint density at radius 1 is 1.38 bits per heavy atom. The number of nitrogens with one attached hydrogen (secondary N) is 1. The Balaban J connectivity index is 2.92. The lowest BCUT2D eigenvalue weighted by Gasteiger charge is -2.16. The van der Waals surface area contributed by atoms with Crippen molar-refractivity contribution in [3.05, 3.63) is 45.6 Å². The third-order valence-electron chi connectivity index (χ3n) is 1.98. The van der Waals surface area contributed by atoms with Crippen LogP contribution in [0.15, 0.2) is 36.4 Å². The minimum Gasteiger partial charge on any atom is -0.310 e. The van der Waals surface area contributed by atoms with E-state index in [2.05, 4.69) is 58.8 Å². The lowest BCUT2D eigenvalue weighted by atomic mass is 10.0. The van der Waals surface area contributed by atoms with Gasteiger partial charge >= 0.3 is 0 Å². The molecule has 1 aromatic rings. The van der Waals surface area contributed by atoms with E-state index in [-0.39, 0.29) is 6.04 Å². The van der Waals surface area contributed by atoms with E-state index in [0.29, 0.717) is 0 Å². The molecule has 0 heterocycles. The Labute approximate surface area is 93.4 Å². The first-order valence-electron chi connectivity index (χ1n) is 4.23. The van der Waals surface area contributed by atoms with Crippen molar-refractivity contribution in [2.24, 2.45) is 0 Å². The van der Waals surface area contributed by atoms with Crippen molar-refractivity contribution in [3.63, 3.8) is 0 Å². The van der Waals surface area contributed by atoms with Crippen LogP contribution in [0.1, 0.15) is 18.5 Å². The van der Waals surface area contributed by atoms with E-state index in [1.165, 1.54) is 9.13 Å². The number of hydrogen-bond donors (Lipinski definition) is 1. The van der Waals surface area contributed by atoms with Crippen molar-refractivity contribution in [3.8, 4) is 0 Å². The van der Waals surface area contributed by atoms with Crippen LogP contribution < -0.4 is 5.32 Å². The van der Waals surface area contributed by atoms with E-state index in [9.17, 15) is 0 Å². The molecule has 1 N–H and O–H groups in total. The molecule has 0 radical (unpaired) electrons. The molecule has 0 aliphatic heterocycles. The van der Waals surface area contributed by atoms with Gasteiger partial charge in [-0.25, -0.2) is 0 Å². The minimum atomic E-state index is 0.275. The van der Waals surface area contributed by atoms with Gasteiger partial charge in [0.1, 0.15) is 0 Å². The Morgan fingerprint density at radius 2 is 1.92 bits per heavy atom. The maximum atomic E-state index is 3.96. The number of benzene rings is 1. The van der Waals surface area contributed by atoms with Gasteiger partial charge in [0.25, 0.3) is 0 Å². The third-order valence-corrected chi connectivity index (χ3v) is 2.70. The molecule has 0 spiro atoms. The molecule has 0 aliphatic rings. The molecule has 0 saturated heterocycles. The van der Waals surface area contributed by atoms with Crippen LogP contribution in [0.25, 0.3) is 0 Å². The minimum absolute atomic E-state index is 0.275. The summed E-state index contributed by atoms with van der Waals surface area (Å²) in [5.74, 6) is 0. The summed E-state index contributed by atoms with van der Waals surface area (Å²) in [6, 6.07) is 8.78. The van der Waals surface area contributed by atoms with Crippen LogP contribution in [-0.2, 0) is 0 Å². The molecule has 0 aromatic heterocycles. The normalized spacial score (nSPS) is 12.5. The van der Waals surface area contributed by atoms with Gasteiger partial charge in [-0.1, -0.05) is 24.3 Å². The zero-order valence-electron chi connectivity index (χ0n) is 7.97. The Kier molecular flexibility index (Phi) is 3.93. The summed E-state index contributed by atoms with van der Waals surface area (Å²) in [5.41, 5.74) is 2.42. The zero-order chi connectivity index (χ0) is 9.84. The van der Waals surface area contributed by atoms with Gasteiger partial charge in [0.15, 0.2) is 0 Å². The molecule has 1 unspecified atom stereocenters. The van der Waals surface area contributed by atoms with Crippen molar-refractivity contribution in [1.82, 2.24) is 5.32 Å². The average Bonchev–Trinajstić information content (AvgIpc) is 2.09. The standard InChI is InChI=1S/C11H14IN/c1-8(2)11(13-3)9-4-6-10(12)7-5-9/h4-7,11,13H,1H2,2-3H3. The summed E-state index contributed by atoms with van der Waals surface area (Å²) < 4.78 is 1.26. The van der Waals surface area contributed by atoms with Gasteiger partial charge in [0, 0.05) is 3.57 Å². The largest absolute Gasteiger partial charge is 0.310 e. The van der Waals surface area contributed by atoms with Gasteiger partial charge in [-0.2, -0.15) is 0 Å². The van der Waals surface area contributed by atoms with Crippen molar-refractivity contribution in [1.29, 1.82) is 0 Å². The highest BCUT2D eigenvalue weighted by molar-refractivity contribution is 14.1. The average molecular weight is 287 g/mol. The Morgan fingerprint density at radius 3 is 2.31 bits per heavy atom. The van der Waals surface area contributed by atoms with Crippen LogP contribution in [-0.4, -0.2) is 7.05 Å². The van der Waals surface area contributed by atoms with Gasteiger partial charge in [0.2, 0.25) is 0 Å². The molecule has 13 heavy (non-hydrogen) atoms. The molecule has 1 nitrogen and oxygen atoms in total. The number of likely N-dealkylation sites (N-methyl/N-ethyl adjacent to an activating group) is 1. The number of halogens is 1. The first-order chi connectivity index (χ1) is 6.15. The second-order valence-corrected chi connectivity index (χ2v) is 4.37. The molecular weight excluding hydrogens is 273 g/mol. The lowest BCUT2D eigenvalue weighted by molar-refractivity contribution is 0.680. The van der Waals surface area contributed by atoms with Crippen molar-refractivity contribution in [2.45, 2.75) is 13.0 Å². The van der Waals surface area contributed by atoms with Crippen molar-refractivity contribution in [2.75, 3.05) is 7.05 Å². The molecular formula is C11H14IN. The maximum absolute atomic E-state index is 3.96. The SMILES string of the molecule is C=C(C)C(NC)c1ccc(I)cc1. The molecule has 1 rings (SSSR count). The zero-order valence-corrected chi connectivity index (χ0v) is 10.1. The van der Waals surface area contributed by atoms with Gasteiger partial charge in [-0.05, 0) is 54.3 Å². The Bertz CT molecular complexity index is 289. The highest BCUT2D eigenvalue weighted by Crippen LogP contribution is 2.20. The van der Waals surface area contributed by atoms with Gasteiger partial charge in [-0.15, -0.1) is 0 Å². The van der Waals surface area contributed by atoms with Gasteiger partial charge < -0.3 is 5.32 Å². The first-order valence-corrected chi connectivity index (χ1v) is 5.31. The van der Waals surface area contributed by atoms with E-state index in [4.69, 9.17) is 0 Å². The summed E-state index contributed by atoms with van der Waals surface area (Å²) in [6.45, 7) is 6.00. The van der Waals surface area contributed by atoms with Crippen LogP contribution in [0, 0.1) is 3.57 Å².